The van der Waals surface area contributed by atoms with E-state index in [1.165, 1.54) is 0 Å². The summed E-state index contributed by atoms with van der Waals surface area (Å²) in [6.45, 7) is 0.574. The number of carbonyl (C=O) groups excluding carboxylic acids is 1. The van der Waals surface area contributed by atoms with Gasteiger partial charge in [-0.25, -0.2) is 4.79 Å². The first-order valence-corrected chi connectivity index (χ1v) is 9.68. The Labute approximate surface area is 173 Å². The number of carboxylic acids is 1. The van der Waals surface area contributed by atoms with E-state index in [4.69, 9.17) is 28.9 Å². The molecule has 2 unspecified atom stereocenters. The number of amides is 1. The molecule has 0 spiro atoms. The smallest absolute Gasteiger partial charge is 0.326 e. The van der Waals surface area contributed by atoms with E-state index in [0.29, 0.717) is 27.8 Å². The standard InChI is InChI=1S/C20H21Cl2N3O3/c21-13-8-14(22)19-15(9-13)24-17(20(27)28)10-16(19)25-18(26)7-12-3-1-11(2-4-12)5-6-23/h1-4,8-9,16-17,24H,5-7,10,23H2,(H,25,26)(H,27,28). The summed E-state index contributed by atoms with van der Waals surface area (Å²) in [5.74, 6) is -1.21. The van der Waals surface area contributed by atoms with Crippen LogP contribution in [0.15, 0.2) is 36.4 Å². The van der Waals surface area contributed by atoms with Crippen LogP contribution in [-0.2, 0) is 22.4 Å². The number of nitrogens with one attached hydrogen (secondary N) is 2. The Bertz CT molecular complexity index is 887. The molecule has 0 aliphatic carbocycles. The van der Waals surface area contributed by atoms with Crippen molar-refractivity contribution in [1.29, 1.82) is 0 Å². The van der Waals surface area contributed by atoms with E-state index in [-0.39, 0.29) is 18.7 Å². The summed E-state index contributed by atoms with van der Waals surface area (Å²) in [5, 5.41) is 16.0. The molecule has 0 fully saturated rings. The molecule has 1 aliphatic heterocycles. The van der Waals surface area contributed by atoms with Crippen LogP contribution in [0.2, 0.25) is 10.0 Å². The molecule has 0 saturated carbocycles. The van der Waals surface area contributed by atoms with Gasteiger partial charge in [0.2, 0.25) is 5.91 Å². The van der Waals surface area contributed by atoms with Gasteiger partial charge < -0.3 is 21.5 Å². The van der Waals surface area contributed by atoms with E-state index in [2.05, 4.69) is 10.6 Å². The van der Waals surface area contributed by atoms with Crippen molar-refractivity contribution in [2.24, 2.45) is 5.73 Å². The van der Waals surface area contributed by atoms with Crippen molar-refractivity contribution in [2.45, 2.75) is 31.3 Å². The summed E-state index contributed by atoms with van der Waals surface area (Å²) in [6.07, 6.45) is 1.16. The van der Waals surface area contributed by atoms with Crippen LogP contribution in [0, 0.1) is 0 Å². The maximum Gasteiger partial charge on any atom is 0.326 e. The minimum Gasteiger partial charge on any atom is -0.480 e. The van der Waals surface area contributed by atoms with Gasteiger partial charge in [-0.15, -0.1) is 0 Å². The number of rotatable bonds is 6. The van der Waals surface area contributed by atoms with Crippen molar-refractivity contribution in [1.82, 2.24) is 5.32 Å². The maximum atomic E-state index is 12.6. The van der Waals surface area contributed by atoms with Crippen LogP contribution in [0.25, 0.3) is 0 Å². The Morgan fingerprint density at radius 2 is 1.86 bits per heavy atom. The third-order valence-corrected chi connectivity index (χ3v) is 5.23. The number of nitrogens with two attached hydrogens (primary N) is 1. The highest BCUT2D eigenvalue weighted by Gasteiger charge is 2.33. The zero-order chi connectivity index (χ0) is 20.3. The third kappa shape index (κ3) is 4.76. The highest BCUT2D eigenvalue weighted by Crippen LogP contribution is 2.39. The van der Waals surface area contributed by atoms with Crippen LogP contribution in [0.3, 0.4) is 0 Å². The first kappa shape index (κ1) is 20.5. The zero-order valence-corrected chi connectivity index (χ0v) is 16.6. The molecule has 2 aromatic rings. The van der Waals surface area contributed by atoms with Crippen molar-refractivity contribution in [3.05, 3.63) is 63.1 Å². The lowest BCUT2D eigenvalue weighted by atomic mass is 9.92. The number of hydrogen-bond acceptors (Lipinski definition) is 4. The number of carbonyl (C=O) groups is 2. The lowest BCUT2D eigenvalue weighted by molar-refractivity contribution is -0.138. The topological polar surface area (TPSA) is 104 Å². The quantitative estimate of drug-likeness (QED) is 0.573. The average Bonchev–Trinajstić information content (AvgIpc) is 2.62. The second kappa shape index (κ2) is 8.82. The van der Waals surface area contributed by atoms with Crippen LogP contribution in [0.5, 0.6) is 0 Å². The number of hydrogen-bond donors (Lipinski definition) is 4. The van der Waals surface area contributed by atoms with Crippen molar-refractivity contribution >= 4 is 40.8 Å². The fourth-order valence-electron chi connectivity index (χ4n) is 3.37. The maximum absolute atomic E-state index is 12.6. The SMILES string of the molecule is NCCc1ccc(CC(=O)NC2CC(C(=O)O)Nc3cc(Cl)cc(Cl)c32)cc1. The molecule has 8 heteroatoms. The summed E-state index contributed by atoms with van der Waals surface area (Å²) >= 11 is 12.4. The highest BCUT2D eigenvalue weighted by molar-refractivity contribution is 6.35. The Hall–Kier alpha value is -2.28. The highest BCUT2D eigenvalue weighted by atomic mass is 35.5. The fourth-order valence-corrected chi connectivity index (χ4v) is 4.00. The molecular weight excluding hydrogens is 401 g/mol. The molecular formula is C20H21Cl2N3O3. The molecule has 0 saturated heterocycles. The van der Waals surface area contributed by atoms with Crippen LogP contribution in [-0.4, -0.2) is 29.6 Å². The summed E-state index contributed by atoms with van der Waals surface area (Å²) < 4.78 is 0. The van der Waals surface area contributed by atoms with E-state index in [1.54, 1.807) is 12.1 Å². The largest absolute Gasteiger partial charge is 0.480 e. The number of fused-ring (bicyclic) bond motifs is 1. The summed E-state index contributed by atoms with van der Waals surface area (Å²) in [4.78, 5) is 24.1. The molecule has 1 amide bonds. The van der Waals surface area contributed by atoms with Crippen molar-refractivity contribution in [3.63, 3.8) is 0 Å². The third-order valence-electron chi connectivity index (χ3n) is 4.70. The van der Waals surface area contributed by atoms with Crippen LogP contribution in [0.4, 0.5) is 5.69 Å². The molecule has 2 aromatic carbocycles. The molecule has 6 nitrogen and oxygen atoms in total. The molecule has 3 rings (SSSR count). The van der Waals surface area contributed by atoms with Gasteiger partial charge in [0, 0.05) is 27.7 Å². The Morgan fingerprint density at radius 3 is 2.50 bits per heavy atom. The minimum atomic E-state index is -1.00. The fraction of sp³-hybridized carbons (Fsp3) is 0.300. The molecule has 0 aromatic heterocycles. The average molecular weight is 422 g/mol. The summed E-state index contributed by atoms with van der Waals surface area (Å²) in [7, 11) is 0. The number of aliphatic carboxylic acids is 1. The second-order valence-electron chi connectivity index (χ2n) is 6.77. The number of carboxylic acid groups (broad SMARTS) is 1. The lowest BCUT2D eigenvalue weighted by Crippen LogP contribution is -2.41. The summed E-state index contributed by atoms with van der Waals surface area (Å²) in [5.41, 5.74) is 8.70. The van der Waals surface area contributed by atoms with Gasteiger partial charge in [0.25, 0.3) is 0 Å². The number of benzene rings is 2. The molecule has 148 valence electrons. The normalized spacial score (nSPS) is 18.1. The van der Waals surface area contributed by atoms with Gasteiger partial charge in [-0.05, 0) is 36.2 Å². The van der Waals surface area contributed by atoms with Crippen LogP contribution >= 0.6 is 23.2 Å². The first-order valence-electron chi connectivity index (χ1n) is 8.93. The van der Waals surface area contributed by atoms with Gasteiger partial charge in [0.15, 0.2) is 0 Å². The van der Waals surface area contributed by atoms with Crippen LogP contribution < -0.4 is 16.4 Å². The Kier molecular flexibility index (Phi) is 6.44. The van der Waals surface area contributed by atoms with E-state index in [0.717, 1.165) is 17.5 Å². The molecule has 2 atom stereocenters. The molecule has 1 heterocycles. The van der Waals surface area contributed by atoms with Gasteiger partial charge in [0.05, 0.1) is 12.5 Å². The van der Waals surface area contributed by atoms with Gasteiger partial charge >= 0.3 is 5.97 Å². The van der Waals surface area contributed by atoms with Gasteiger partial charge in [0.1, 0.15) is 6.04 Å². The number of halogens is 2. The van der Waals surface area contributed by atoms with Crippen molar-refractivity contribution in [2.75, 3.05) is 11.9 Å². The lowest BCUT2D eigenvalue weighted by Gasteiger charge is -2.32. The van der Waals surface area contributed by atoms with Gasteiger partial charge in [-0.1, -0.05) is 47.5 Å². The second-order valence-corrected chi connectivity index (χ2v) is 7.62. The van der Waals surface area contributed by atoms with E-state index in [1.807, 2.05) is 24.3 Å². The van der Waals surface area contributed by atoms with E-state index in [9.17, 15) is 14.7 Å². The van der Waals surface area contributed by atoms with Gasteiger partial charge in [-0.2, -0.15) is 0 Å². The minimum absolute atomic E-state index is 0.185. The van der Waals surface area contributed by atoms with Crippen molar-refractivity contribution < 1.29 is 14.7 Å². The monoisotopic (exact) mass is 421 g/mol. The van der Waals surface area contributed by atoms with E-state index >= 15 is 0 Å². The molecule has 1 aliphatic rings. The first-order chi connectivity index (χ1) is 13.4. The molecule has 5 N–H and O–H groups in total. The van der Waals surface area contributed by atoms with Gasteiger partial charge in [-0.3, -0.25) is 4.79 Å². The zero-order valence-electron chi connectivity index (χ0n) is 15.0. The predicted octanol–water partition coefficient (Wildman–Crippen LogP) is 3.16. The molecule has 0 radical (unpaired) electrons. The Morgan fingerprint density at radius 1 is 1.18 bits per heavy atom. The Balaban J connectivity index is 1.77. The molecule has 0 bridgehead atoms. The summed E-state index contributed by atoms with van der Waals surface area (Å²) in [6, 6.07) is 9.53. The van der Waals surface area contributed by atoms with Crippen LogP contribution in [0.1, 0.15) is 29.2 Å². The van der Waals surface area contributed by atoms with Crippen molar-refractivity contribution in [3.8, 4) is 0 Å². The molecule has 28 heavy (non-hydrogen) atoms. The number of anilines is 1. The predicted molar refractivity (Wildman–Crippen MR) is 110 cm³/mol. The van der Waals surface area contributed by atoms with E-state index < -0.39 is 18.1 Å².